The predicted octanol–water partition coefficient (Wildman–Crippen LogP) is 3.09. The molecule has 4 rings (SSSR count). The Bertz CT molecular complexity index is 1250. The summed E-state index contributed by atoms with van der Waals surface area (Å²) in [6, 6.07) is 1.61. The molecule has 4 heterocycles. The Hall–Kier alpha value is -3.04. The molecule has 9 nitrogen and oxygen atoms in total. The number of aryl methyl sites for hydroxylation is 1. The fourth-order valence-corrected chi connectivity index (χ4v) is 4.31. The fraction of sp³-hybridized carbons (Fsp3) is 0.409. The lowest BCUT2D eigenvalue weighted by molar-refractivity contribution is 0.101. The number of hydrogen-bond donors (Lipinski definition) is 2. The zero-order chi connectivity index (χ0) is 23.0. The summed E-state index contributed by atoms with van der Waals surface area (Å²) in [4.78, 5) is 40.8. The van der Waals surface area contributed by atoms with Crippen LogP contribution in [0.3, 0.4) is 0 Å². The number of nitrogens with one attached hydrogen (secondary N) is 2. The van der Waals surface area contributed by atoms with Crippen molar-refractivity contribution < 1.29 is 4.79 Å². The summed E-state index contributed by atoms with van der Waals surface area (Å²) in [5, 5.41) is 7.64. The molecule has 0 unspecified atom stereocenters. The van der Waals surface area contributed by atoms with E-state index in [1.807, 2.05) is 13.8 Å². The topological polar surface area (TPSA) is 105 Å². The van der Waals surface area contributed by atoms with Crippen molar-refractivity contribution in [3.05, 3.63) is 45.0 Å². The summed E-state index contributed by atoms with van der Waals surface area (Å²) < 4.78 is 1.53. The van der Waals surface area contributed by atoms with Gasteiger partial charge in [-0.3, -0.25) is 14.2 Å². The Morgan fingerprint density at radius 1 is 1.22 bits per heavy atom. The maximum absolute atomic E-state index is 13.0. The van der Waals surface area contributed by atoms with Crippen LogP contribution in [0.1, 0.15) is 42.7 Å². The normalized spacial score (nSPS) is 14.2. The molecular formula is C22H26ClN7O2. The summed E-state index contributed by atoms with van der Waals surface area (Å²) in [7, 11) is 0. The van der Waals surface area contributed by atoms with Crippen molar-refractivity contribution in [3.63, 3.8) is 0 Å². The van der Waals surface area contributed by atoms with Gasteiger partial charge in [0.15, 0.2) is 5.78 Å². The largest absolute Gasteiger partial charge is 0.353 e. The Morgan fingerprint density at radius 2 is 1.94 bits per heavy atom. The number of hydrogen-bond acceptors (Lipinski definition) is 8. The average Bonchev–Trinajstić information content (AvgIpc) is 2.74. The third-order valence-corrected chi connectivity index (χ3v) is 5.85. The third-order valence-electron chi connectivity index (χ3n) is 5.57. The highest BCUT2D eigenvalue weighted by atomic mass is 35.5. The molecule has 1 fully saturated rings. The number of Topliss-reactive ketones (excluding diaryl/α,β-unsaturated/α-hetero) is 1. The van der Waals surface area contributed by atoms with E-state index in [1.54, 1.807) is 25.4 Å². The minimum absolute atomic E-state index is 0.176. The number of nitrogens with zero attached hydrogens (tertiary/aromatic N) is 5. The van der Waals surface area contributed by atoms with E-state index >= 15 is 0 Å². The van der Waals surface area contributed by atoms with Gasteiger partial charge in [-0.1, -0.05) is 11.6 Å². The highest BCUT2D eigenvalue weighted by molar-refractivity contribution is 6.33. The molecule has 0 atom stereocenters. The minimum Gasteiger partial charge on any atom is -0.353 e. The van der Waals surface area contributed by atoms with E-state index in [9.17, 15) is 9.59 Å². The number of rotatable bonds is 5. The molecule has 32 heavy (non-hydrogen) atoms. The van der Waals surface area contributed by atoms with Crippen LogP contribution >= 0.6 is 11.6 Å². The molecule has 2 N–H and O–H groups in total. The van der Waals surface area contributed by atoms with Crippen molar-refractivity contribution in [1.82, 2.24) is 24.8 Å². The maximum Gasteiger partial charge on any atom is 0.263 e. The first-order valence-corrected chi connectivity index (χ1v) is 11.0. The van der Waals surface area contributed by atoms with Gasteiger partial charge in [-0.25, -0.2) is 9.97 Å². The number of pyridine rings is 2. The highest BCUT2D eigenvalue weighted by Crippen LogP contribution is 2.28. The van der Waals surface area contributed by atoms with Gasteiger partial charge in [-0.15, -0.1) is 0 Å². The standard InChI is InChI=1S/C22H26ClN7O2/c1-12(2)30-19-16(13(3)18(14(4)31)21(30)32)11-26-22(28-19)27-15-9-17(23)20(25-10-15)29-7-5-24-6-8-29/h9-12,24H,5-8H2,1-4H3,(H,26,27,28). The van der Waals surface area contributed by atoms with Gasteiger partial charge in [-0.2, -0.15) is 4.98 Å². The second kappa shape index (κ2) is 8.84. The van der Waals surface area contributed by atoms with Gasteiger partial charge in [-0.05, 0) is 39.3 Å². The number of carbonyl (C=O) groups excluding carboxylic acids is 1. The van der Waals surface area contributed by atoms with Crippen molar-refractivity contribution in [1.29, 1.82) is 0 Å². The van der Waals surface area contributed by atoms with E-state index < -0.39 is 0 Å². The Balaban J connectivity index is 1.72. The van der Waals surface area contributed by atoms with Crippen molar-refractivity contribution in [2.75, 3.05) is 36.4 Å². The van der Waals surface area contributed by atoms with E-state index in [4.69, 9.17) is 11.6 Å². The molecule has 3 aromatic rings. The SMILES string of the molecule is CC(=O)c1c(C)c2cnc(Nc3cnc(N4CCNCC4)c(Cl)c3)nc2n(C(C)C)c1=O. The first-order chi connectivity index (χ1) is 15.3. The van der Waals surface area contributed by atoms with Crippen LogP contribution in [0.5, 0.6) is 0 Å². The zero-order valence-electron chi connectivity index (χ0n) is 18.6. The second-order valence-corrected chi connectivity index (χ2v) is 8.55. The van der Waals surface area contributed by atoms with E-state index in [0.717, 1.165) is 32.0 Å². The molecule has 1 aliphatic heterocycles. The molecule has 168 valence electrons. The number of aromatic nitrogens is 4. The number of fused-ring (bicyclic) bond motifs is 1. The monoisotopic (exact) mass is 455 g/mol. The molecule has 0 bridgehead atoms. The van der Waals surface area contributed by atoms with Crippen LogP contribution in [0.25, 0.3) is 11.0 Å². The summed E-state index contributed by atoms with van der Waals surface area (Å²) in [6.45, 7) is 10.4. The van der Waals surface area contributed by atoms with Gasteiger partial charge in [0.25, 0.3) is 5.56 Å². The van der Waals surface area contributed by atoms with Crippen LogP contribution in [-0.2, 0) is 0 Å². The summed E-state index contributed by atoms with van der Waals surface area (Å²) in [6.07, 6.45) is 3.32. The number of piperazine rings is 1. The van der Waals surface area contributed by atoms with Crippen molar-refractivity contribution >= 4 is 45.9 Å². The number of carbonyl (C=O) groups is 1. The van der Waals surface area contributed by atoms with Gasteiger partial charge >= 0.3 is 0 Å². The highest BCUT2D eigenvalue weighted by Gasteiger charge is 2.21. The zero-order valence-corrected chi connectivity index (χ0v) is 19.3. The van der Waals surface area contributed by atoms with Gasteiger partial charge in [0.05, 0.1) is 22.5 Å². The Labute approximate surface area is 190 Å². The molecule has 0 amide bonds. The minimum atomic E-state index is -0.341. The van der Waals surface area contributed by atoms with E-state index in [0.29, 0.717) is 33.3 Å². The number of anilines is 3. The lowest BCUT2D eigenvalue weighted by Crippen LogP contribution is -2.44. The molecule has 1 aliphatic rings. The van der Waals surface area contributed by atoms with Crippen LogP contribution < -0.4 is 21.1 Å². The molecule has 0 aliphatic carbocycles. The predicted molar refractivity (Wildman–Crippen MR) is 127 cm³/mol. The van der Waals surface area contributed by atoms with Gasteiger partial charge in [0.2, 0.25) is 5.95 Å². The summed E-state index contributed by atoms with van der Waals surface area (Å²) in [5.41, 5.74) is 1.54. The summed E-state index contributed by atoms with van der Waals surface area (Å²) in [5.74, 6) is 0.796. The Kier molecular flexibility index (Phi) is 6.12. The van der Waals surface area contributed by atoms with E-state index in [1.165, 1.54) is 11.5 Å². The number of halogens is 1. The fourth-order valence-electron chi connectivity index (χ4n) is 4.02. The third kappa shape index (κ3) is 4.05. The lowest BCUT2D eigenvalue weighted by Gasteiger charge is -2.29. The maximum atomic E-state index is 13.0. The van der Waals surface area contributed by atoms with Gasteiger partial charge < -0.3 is 15.5 Å². The quantitative estimate of drug-likeness (QED) is 0.565. The van der Waals surface area contributed by atoms with Crippen molar-refractivity contribution in [2.45, 2.75) is 33.7 Å². The molecule has 1 saturated heterocycles. The van der Waals surface area contributed by atoms with Crippen LogP contribution in [0.15, 0.2) is 23.3 Å². The van der Waals surface area contributed by atoms with Crippen LogP contribution in [0, 0.1) is 6.92 Å². The Morgan fingerprint density at radius 3 is 2.56 bits per heavy atom. The average molecular weight is 456 g/mol. The van der Waals surface area contributed by atoms with E-state index in [2.05, 4.69) is 30.5 Å². The van der Waals surface area contributed by atoms with Crippen LogP contribution in [0.2, 0.25) is 5.02 Å². The smallest absolute Gasteiger partial charge is 0.263 e. The van der Waals surface area contributed by atoms with Gasteiger partial charge in [0, 0.05) is 43.8 Å². The summed E-state index contributed by atoms with van der Waals surface area (Å²) >= 11 is 6.50. The second-order valence-electron chi connectivity index (χ2n) is 8.15. The molecule has 0 radical (unpaired) electrons. The lowest BCUT2D eigenvalue weighted by atomic mass is 10.0. The molecule has 0 saturated carbocycles. The molecular weight excluding hydrogens is 430 g/mol. The van der Waals surface area contributed by atoms with Crippen LogP contribution in [0.4, 0.5) is 17.5 Å². The first kappa shape index (κ1) is 22.2. The number of ketones is 1. The molecule has 3 aromatic heterocycles. The van der Waals surface area contributed by atoms with E-state index in [-0.39, 0.29) is 22.9 Å². The molecule has 10 heteroatoms. The van der Waals surface area contributed by atoms with Crippen LogP contribution in [-0.4, -0.2) is 51.5 Å². The van der Waals surface area contributed by atoms with Gasteiger partial charge in [0.1, 0.15) is 11.5 Å². The molecule has 0 spiro atoms. The van der Waals surface area contributed by atoms with Crippen molar-refractivity contribution in [2.24, 2.45) is 0 Å². The molecule has 0 aromatic carbocycles. The van der Waals surface area contributed by atoms with Crippen molar-refractivity contribution in [3.8, 4) is 0 Å². The first-order valence-electron chi connectivity index (χ1n) is 10.6.